The lowest BCUT2D eigenvalue weighted by Gasteiger charge is -2.22. The van der Waals surface area contributed by atoms with Gasteiger partial charge in [0.25, 0.3) is 0 Å². The van der Waals surface area contributed by atoms with Crippen molar-refractivity contribution in [3.05, 3.63) is 12.2 Å². The van der Waals surface area contributed by atoms with Gasteiger partial charge in [-0.2, -0.15) is 0 Å². The number of nitrogens with zero attached hydrogens (tertiary/aromatic N) is 1. The fourth-order valence-corrected chi connectivity index (χ4v) is 2.68. The summed E-state index contributed by atoms with van der Waals surface area (Å²) in [5.74, 6) is -0.0503. The number of halogens is 1. The summed E-state index contributed by atoms with van der Waals surface area (Å²) < 4.78 is 5.91. The topological polar surface area (TPSA) is 26.3 Å². The van der Waals surface area contributed by atoms with Gasteiger partial charge in [-0.25, -0.2) is 0 Å². The normalized spacial score (nSPS) is 11.5. The van der Waals surface area contributed by atoms with Crippen molar-refractivity contribution in [1.29, 1.82) is 0 Å². The number of esters is 1. The third-order valence-electron chi connectivity index (χ3n) is 4.26. The summed E-state index contributed by atoms with van der Waals surface area (Å²) in [6, 6.07) is 0. The number of hydrogen-bond acceptors (Lipinski definition) is 2. The quantitative estimate of drug-likeness (QED) is 0.125. The first-order chi connectivity index (χ1) is 12.0. The monoisotopic (exact) mass is 389 g/mol. The van der Waals surface area contributed by atoms with Crippen LogP contribution in [0.1, 0.15) is 96.8 Å². The molecule has 0 radical (unpaired) electrons. The first-order valence-electron chi connectivity index (χ1n) is 10.6. The highest BCUT2D eigenvalue weighted by atomic mass is 35.5. The second-order valence-electron chi connectivity index (χ2n) is 8.27. The Kier molecular flexibility index (Phi) is 20.5. The molecule has 4 heteroatoms. The fraction of sp³-hybridized carbons (Fsp3) is 0.864. The van der Waals surface area contributed by atoms with Gasteiger partial charge < -0.3 is 17.1 Å². The van der Waals surface area contributed by atoms with Gasteiger partial charge in [-0.15, -0.1) is 0 Å². The molecular weight excluding hydrogens is 346 g/mol. The maximum Gasteiger partial charge on any atom is 0.310 e. The molecule has 0 saturated heterocycles. The van der Waals surface area contributed by atoms with Gasteiger partial charge in [-0.3, -0.25) is 9.28 Å². The standard InChI is InChI=1S/C22H44NO2.ClH/c1-5-6-7-8-9-10-11-12-13-14-15-16-17-18-19-20-22(24)25-21-23(2,3)4;/h12-13H,5-11,14-21H2,1-4H3;1H/q+1;/p-1. The minimum Gasteiger partial charge on any atom is -1.00 e. The van der Waals surface area contributed by atoms with E-state index in [0.29, 0.717) is 17.6 Å². The Morgan fingerprint density at radius 2 is 1.23 bits per heavy atom. The predicted octanol–water partition coefficient (Wildman–Crippen LogP) is 3.23. The van der Waals surface area contributed by atoms with Crippen LogP contribution < -0.4 is 12.4 Å². The van der Waals surface area contributed by atoms with Crippen LogP contribution in [-0.2, 0) is 9.53 Å². The molecule has 0 heterocycles. The van der Waals surface area contributed by atoms with E-state index in [1.807, 2.05) is 21.1 Å². The van der Waals surface area contributed by atoms with Crippen molar-refractivity contribution < 1.29 is 26.4 Å². The van der Waals surface area contributed by atoms with Crippen LogP contribution in [0.25, 0.3) is 0 Å². The average molecular weight is 390 g/mol. The fourth-order valence-electron chi connectivity index (χ4n) is 2.68. The Balaban J connectivity index is 0. The molecule has 3 nitrogen and oxygen atoms in total. The molecule has 0 rings (SSSR count). The van der Waals surface area contributed by atoms with Gasteiger partial charge in [0.05, 0.1) is 21.1 Å². The second-order valence-corrected chi connectivity index (χ2v) is 8.27. The Hall–Kier alpha value is -0.540. The first kappa shape index (κ1) is 27.7. The van der Waals surface area contributed by atoms with Gasteiger partial charge in [-0.05, 0) is 32.1 Å². The molecule has 0 spiro atoms. The van der Waals surface area contributed by atoms with Gasteiger partial charge in [0.2, 0.25) is 6.73 Å². The molecule has 0 fully saturated rings. The molecule has 156 valence electrons. The van der Waals surface area contributed by atoms with Crippen molar-refractivity contribution in [3.8, 4) is 0 Å². The van der Waals surface area contributed by atoms with Crippen LogP contribution in [0.4, 0.5) is 0 Å². The van der Waals surface area contributed by atoms with Crippen LogP contribution in [0.2, 0.25) is 0 Å². The van der Waals surface area contributed by atoms with Gasteiger partial charge >= 0.3 is 5.97 Å². The number of ether oxygens (including phenoxy) is 1. The van der Waals surface area contributed by atoms with Crippen molar-refractivity contribution in [1.82, 2.24) is 0 Å². The summed E-state index contributed by atoms with van der Waals surface area (Å²) in [6.07, 6.45) is 21.9. The summed E-state index contributed by atoms with van der Waals surface area (Å²) in [7, 11) is 6.07. The van der Waals surface area contributed by atoms with Crippen molar-refractivity contribution in [2.45, 2.75) is 96.8 Å². The van der Waals surface area contributed by atoms with E-state index in [2.05, 4.69) is 19.1 Å². The zero-order valence-corrected chi connectivity index (χ0v) is 18.7. The lowest BCUT2D eigenvalue weighted by atomic mass is 10.1. The molecule has 0 amide bonds. The van der Waals surface area contributed by atoms with Crippen molar-refractivity contribution in [3.63, 3.8) is 0 Å². The first-order valence-corrected chi connectivity index (χ1v) is 10.6. The van der Waals surface area contributed by atoms with Crippen molar-refractivity contribution in [2.24, 2.45) is 0 Å². The zero-order valence-electron chi connectivity index (χ0n) is 17.9. The number of carbonyl (C=O) groups is 1. The van der Waals surface area contributed by atoms with Gasteiger partial charge in [-0.1, -0.05) is 70.4 Å². The average Bonchev–Trinajstić information content (AvgIpc) is 2.56. The lowest BCUT2D eigenvalue weighted by Crippen LogP contribution is -3.00. The molecule has 0 aromatic heterocycles. The van der Waals surface area contributed by atoms with Crippen molar-refractivity contribution in [2.75, 3.05) is 27.9 Å². The smallest absolute Gasteiger partial charge is 0.310 e. The third-order valence-corrected chi connectivity index (χ3v) is 4.26. The van der Waals surface area contributed by atoms with Crippen LogP contribution in [0.3, 0.4) is 0 Å². The number of hydrogen-bond donors (Lipinski definition) is 0. The van der Waals surface area contributed by atoms with E-state index in [-0.39, 0.29) is 18.4 Å². The largest absolute Gasteiger partial charge is 1.00 e. The summed E-state index contributed by atoms with van der Waals surface area (Å²) >= 11 is 0. The molecule has 0 aliphatic rings. The summed E-state index contributed by atoms with van der Waals surface area (Å²) in [5, 5.41) is 0. The highest BCUT2D eigenvalue weighted by Crippen LogP contribution is 2.10. The van der Waals surface area contributed by atoms with E-state index < -0.39 is 0 Å². The molecule has 0 aliphatic carbocycles. The van der Waals surface area contributed by atoms with Gasteiger partial charge in [0, 0.05) is 6.42 Å². The Bertz CT molecular complexity index is 338. The van der Waals surface area contributed by atoms with Gasteiger partial charge in [0.1, 0.15) is 0 Å². The Labute approximate surface area is 169 Å². The minimum atomic E-state index is -0.0503. The van der Waals surface area contributed by atoms with E-state index >= 15 is 0 Å². The molecule has 0 saturated carbocycles. The molecule has 0 N–H and O–H groups in total. The molecule has 0 bridgehead atoms. The van der Waals surface area contributed by atoms with E-state index in [9.17, 15) is 4.79 Å². The lowest BCUT2D eigenvalue weighted by molar-refractivity contribution is -0.888. The van der Waals surface area contributed by atoms with E-state index in [1.54, 1.807) is 0 Å². The maximum absolute atomic E-state index is 11.6. The zero-order chi connectivity index (χ0) is 18.8. The number of allylic oxidation sites excluding steroid dienone is 2. The van der Waals surface area contributed by atoms with E-state index in [1.165, 1.54) is 70.6 Å². The van der Waals surface area contributed by atoms with Crippen LogP contribution >= 0.6 is 0 Å². The number of rotatable bonds is 17. The summed E-state index contributed by atoms with van der Waals surface area (Å²) in [4.78, 5) is 11.6. The van der Waals surface area contributed by atoms with Crippen LogP contribution in [0, 0.1) is 0 Å². The number of unbranched alkanes of at least 4 members (excludes halogenated alkanes) is 11. The molecule has 0 atom stereocenters. The third kappa shape index (κ3) is 23.5. The van der Waals surface area contributed by atoms with Crippen LogP contribution in [0.15, 0.2) is 12.2 Å². The van der Waals surface area contributed by atoms with Crippen LogP contribution in [0.5, 0.6) is 0 Å². The highest BCUT2D eigenvalue weighted by molar-refractivity contribution is 5.69. The van der Waals surface area contributed by atoms with E-state index in [0.717, 1.165) is 12.8 Å². The van der Waals surface area contributed by atoms with Crippen LogP contribution in [-0.4, -0.2) is 38.3 Å². The molecule has 0 unspecified atom stereocenters. The summed E-state index contributed by atoms with van der Waals surface area (Å²) in [6.45, 7) is 2.73. The molecule has 0 aromatic rings. The Morgan fingerprint density at radius 3 is 1.73 bits per heavy atom. The number of carbonyl (C=O) groups excluding carboxylic acids is 1. The molecule has 0 aliphatic heterocycles. The molecule has 26 heavy (non-hydrogen) atoms. The summed E-state index contributed by atoms with van der Waals surface area (Å²) in [5.41, 5.74) is 0. The van der Waals surface area contributed by atoms with Gasteiger partial charge in [0.15, 0.2) is 0 Å². The Morgan fingerprint density at radius 1 is 0.769 bits per heavy atom. The predicted molar refractivity (Wildman–Crippen MR) is 108 cm³/mol. The maximum atomic E-state index is 11.6. The SMILES string of the molecule is CCCCCCCCC=CCCCCCCCC(=O)OC[N+](C)(C)C.[Cl-]. The van der Waals surface area contributed by atoms with Crippen molar-refractivity contribution >= 4 is 5.97 Å². The molecular formula is C22H44ClNO2. The molecule has 0 aromatic carbocycles. The highest BCUT2D eigenvalue weighted by Gasteiger charge is 2.10. The minimum absolute atomic E-state index is 0. The van der Waals surface area contributed by atoms with E-state index in [4.69, 9.17) is 4.74 Å². The second kappa shape index (κ2) is 19.2. The number of quaternary nitrogens is 1.